The molecule has 0 aliphatic carbocycles. The Labute approximate surface area is 118 Å². The number of hydrogen-bond donors (Lipinski definition) is 1. The third kappa shape index (κ3) is 2.73. The Balaban J connectivity index is 1.69. The van der Waals surface area contributed by atoms with Crippen molar-refractivity contribution in [3.63, 3.8) is 0 Å². The van der Waals surface area contributed by atoms with Gasteiger partial charge in [0.2, 0.25) is 0 Å². The van der Waals surface area contributed by atoms with Crippen molar-refractivity contribution in [3.8, 4) is 5.69 Å². The van der Waals surface area contributed by atoms with Crippen LogP contribution in [0.4, 0.5) is 4.39 Å². The van der Waals surface area contributed by atoms with Gasteiger partial charge in [-0.3, -0.25) is 4.90 Å². The third-order valence-corrected chi connectivity index (χ3v) is 3.88. The maximum Gasteiger partial charge on any atom is 0.123 e. The molecule has 2 N–H and O–H groups in total. The average Bonchev–Trinajstić information content (AvgIpc) is 2.99. The summed E-state index contributed by atoms with van der Waals surface area (Å²) in [5.41, 5.74) is 8.05. The predicted molar refractivity (Wildman–Crippen MR) is 75.9 cm³/mol. The molecule has 0 radical (unpaired) electrons. The Hall–Kier alpha value is -1.72. The van der Waals surface area contributed by atoms with Crippen LogP contribution in [0.5, 0.6) is 0 Å². The minimum atomic E-state index is -0.235. The lowest BCUT2D eigenvalue weighted by molar-refractivity contribution is 0.319. The SMILES string of the molecule is CC1CN(Cc2cnn(-c3ccc(F)cc3)c2)CC1N. The van der Waals surface area contributed by atoms with Gasteiger partial charge >= 0.3 is 0 Å². The summed E-state index contributed by atoms with van der Waals surface area (Å²) in [5, 5.41) is 4.33. The van der Waals surface area contributed by atoms with Crippen molar-refractivity contribution < 1.29 is 4.39 Å². The van der Waals surface area contributed by atoms with Crippen LogP contribution in [-0.4, -0.2) is 33.8 Å². The number of likely N-dealkylation sites (tertiary alicyclic amines) is 1. The van der Waals surface area contributed by atoms with Crippen molar-refractivity contribution in [1.82, 2.24) is 14.7 Å². The quantitative estimate of drug-likeness (QED) is 0.928. The number of nitrogens with two attached hydrogens (primary N) is 1. The van der Waals surface area contributed by atoms with E-state index in [9.17, 15) is 4.39 Å². The van der Waals surface area contributed by atoms with E-state index in [1.165, 1.54) is 12.1 Å². The summed E-state index contributed by atoms with van der Waals surface area (Å²) in [5.74, 6) is 0.309. The monoisotopic (exact) mass is 274 g/mol. The minimum absolute atomic E-state index is 0.235. The molecule has 0 spiro atoms. The minimum Gasteiger partial charge on any atom is -0.326 e. The number of benzene rings is 1. The van der Waals surface area contributed by atoms with E-state index in [1.54, 1.807) is 16.8 Å². The van der Waals surface area contributed by atoms with Crippen LogP contribution < -0.4 is 5.73 Å². The van der Waals surface area contributed by atoms with E-state index in [4.69, 9.17) is 5.73 Å². The van der Waals surface area contributed by atoms with E-state index in [0.717, 1.165) is 30.9 Å². The third-order valence-electron chi connectivity index (χ3n) is 3.88. The summed E-state index contributed by atoms with van der Waals surface area (Å²) in [6.07, 6.45) is 3.85. The van der Waals surface area contributed by atoms with E-state index in [0.29, 0.717) is 5.92 Å². The van der Waals surface area contributed by atoms with Gasteiger partial charge in [0.1, 0.15) is 5.82 Å². The normalized spacial score (nSPS) is 23.4. The first kappa shape index (κ1) is 13.3. The molecule has 2 atom stereocenters. The van der Waals surface area contributed by atoms with Crippen molar-refractivity contribution in [2.75, 3.05) is 13.1 Å². The van der Waals surface area contributed by atoms with Crippen LogP contribution >= 0.6 is 0 Å². The molecular formula is C15H19FN4. The lowest BCUT2D eigenvalue weighted by atomic mass is 10.1. The molecule has 106 valence electrons. The number of nitrogens with zero attached hydrogens (tertiary/aromatic N) is 3. The van der Waals surface area contributed by atoms with E-state index in [2.05, 4.69) is 16.9 Å². The fourth-order valence-corrected chi connectivity index (χ4v) is 2.66. The topological polar surface area (TPSA) is 47.1 Å². The number of aromatic nitrogens is 2. The number of hydrogen-bond acceptors (Lipinski definition) is 3. The number of rotatable bonds is 3. The Morgan fingerprint density at radius 2 is 2.05 bits per heavy atom. The van der Waals surface area contributed by atoms with Crippen LogP contribution in [0.15, 0.2) is 36.7 Å². The predicted octanol–water partition coefficient (Wildman–Crippen LogP) is 1.79. The van der Waals surface area contributed by atoms with Gasteiger partial charge in [-0.15, -0.1) is 0 Å². The maximum atomic E-state index is 12.9. The molecule has 2 unspecified atom stereocenters. The summed E-state index contributed by atoms with van der Waals surface area (Å²) in [7, 11) is 0. The van der Waals surface area contributed by atoms with E-state index >= 15 is 0 Å². The lowest BCUT2D eigenvalue weighted by Crippen LogP contribution is -2.28. The maximum absolute atomic E-state index is 12.9. The molecule has 1 aliphatic heterocycles. The fraction of sp³-hybridized carbons (Fsp3) is 0.400. The highest BCUT2D eigenvalue weighted by Crippen LogP contribution is 2.17. The van der Waals surface area contributed by atoms with Crippen LogP contribution in [0.2, 0.25) is 0 Å². The van der Waals surface area contributed by atoms with Crippen molar-refractivity contribution in [2.24, 2.45) is 11.7 Å². The molecule has 1 saturated heterocycles. The van der Waals surface area contributed by atoms with Gasteiger partial charge in [0, 0.05) is 37.4 Å². The van der Waals surface area contributed by atoms with Gasteiger partial charge in [-0.1, -0.05) is 6.92 Å². The van der Waals surface area contributed by atoms with Crippen LogP contribution in [0.25, 0.3) is 5.69 Å². The van der Waals surface area contributed by atoms with Crippen LogP contribution in [0.3, 0.4) is 0 Å². The highest BCUT2D eigenvalue weighted by molar-refractivity contribution is 5.31. The molecule has 1 aliphatic rings. The zero-order chi connectivity index (χ0) is 14.1. The van der Waals surface area contributed by atoms with Crippen molar-refractivity contribution >= 4 is 0 Å². The second kappa shape index (κ2) is 5.34. The molecule has 2 heterocycles. The second-order valence-electron chi connectivity index (χ2n) is 5.60. The molecule has 0 bridgehead atoms. The van der Waals surface area contributed by atoms with Gasteiger partial charge in [-0.2, -0.15) is 5.10 Å². The molecule has 1 fully saturated rings. The Morgan fingerprint density at radius 1 is 1.30 bits per heavy atom. The Kier molecular flexibility index (Phi) is 3.54. The zero-order valence-corrected chi connectivity index (χ0v) is 11.5. The lowest BCUT2D eigenvalue weighted by Gasteiger charge is -2.13. The fourth-order valence-electron chi connectivity index (χ4n) is 2.66. The molecule has 3 rings (SSSR count). The highest BCUT2D eigenvalue weighted by Gasteiger charge is 2.26. The summed E-state index contributed by atoms with van der Waals surface area (Å²) >= 11 is 0. The van der Waals surface area contributed by atoms with Crippen LogP contribution in [0, 0.1) is 11.7 Å². The molecule has 0 saturated carbocycles. The molecule has 5 heteroatoms. The van der Waals surface area contributed by atoms with Crippen molar-refractivity contribution in [3.05, 3.63) is 48.0 Å². The first-order valence-corrected chi connectivity index (χ1v) is 6.89. The highest BCUT2D eigenvalue weighted by atomic mass is 19.1. The largest absolute Gasteiger partial charge is 0.326 e. The molecule has 0 amide bonds. The first-order chi connectivity index (χ1) is 9.61. The van der Waals surface area contributed by atoms with Gasteiger partial charge in [0.15, 0.2) is 0 Å². The van der Waals surface area contributed by atoms with Gasteiger partial charge in [0.25, 0.3) is 0 Å². The summed E-state index contributed by atoms with van der Waals surface area (Å²) < 4.78 is 14.7. The number of halogens is 1. The zero-order valence-electron chi connectivity index (χ0n) is 11.5. The smallest absolute Gasteiger partial charge is 0.123 e. The summed E-state index contributed by atoms with van der Waals surface area (Å²) in [6, 6.07) is 6.59. The van der Waals surface area contributed by atoms with Gasteiger partial charge in [-0.05, 0) is 30.2 Å². The van der Waals surface area contributed by atoms with Crippen LogP contribution in [-0.2, 0) is 6.54 Å². The molecule has 4 nitrogen and oxygen atoms in total. The second-order valence-corrected chi connectivity index (χ2v) is 5.60. The summed E-state index contributed by atoms with van der Waals surface area (Å²) in [6.45, 7) is 5.01. The molecule has 20 heavy (non-hydrogen) atoms. The van der Waals surface area contributed by atoms with Crippen LogP contribution in [0.1, 0.15) is 12.5 Å². The molecule has 1 aromatic heterocycles. The van der Waals surface area contributed by atoms with E-state index in [-0.39, 0.29) is 11.9 Å². The van der Waals surface area contributed by atoms with E-state index in [1.807, 2.05) is 12.4 Å². The van der Waals surface area contributed by atoms with Crippen molar-refractivity contribution in [1.29, 1.82) is 0 Å². The molecular weight excluding hydrogens is 255 g/mol. The summed E-state index contributed by atoms with van der Waals surface area (Å²) in [4.78, 5) is 2.35. The standard InChI is InChI=1S/C15H19FN4/c1-11-7-19(10-15(11)17)8-12-6-18-20(9-12)14-4-2-13(16)3-5-14/h2-6,9,11,15H,7-8,10,17H2,1H3. The molecule has 2 aromatic rings. The molecule has 1 aromatic carbocycles. The van der Waals surface area contributed by atoms with Gasteiger partial charge in [0.05, 0.1) is 11.9 Å². The Bertz CT molecular complexity index is 568. The van der Waals surface area contributed by atoms with E-state index < -0.39 is 0 Å². The average molecular weight is 274 g/mol. The van der Waals surface area contributed by atoms with Gasteiger partial charge < -0.3 is 5.73 Å². The van der Waals surface area contributed by atoms with Gasteiger partial charge in [-0.25, -0.2) is 9.07 Å². The Morgan fingerprint density at radius 3 is 2.70 bits per heavy atom. The van der Waals surface area contributed by atoms with Crippen molar-refractivity contribution in [2.45, 2.75) is 19.5 Å². The first-order valence-electron chi connectivity index (χ1n) is 6.89.